The molecule has 1 aromatic rings. The van der Waals surface area contributed by atoms with Crippen molar-refractivity contribution in [1.29, 1.82) is 0 Å². The first kappa shape index (κ1) is 13.8. The smallest absolute Gasteiger partial charge is 0.0378 e. The summed E-state index contributed by atoms with van der Waals surface area (Å²) in [4.78, 5) is 4.85. The maximum Gasteiger partial charge on any atom is 0.0378 e. The fraction of sp³-hybridized carbons (Fsp3) is 0.571. The molecule has 1 aliphatic heterocycles. The van der Waals surface area contributed by atoms with Crippen LogP contribution < -0.4 is 10.6 Å². The maximum atomic E-state index is 5.93. The summed E-state index contributed by atoms with van der Waals surface area (Å²) in [7, 11) is 2.19. The minimum atomic E-state index is 0.0693. The first-order valence-electron chi connectivity index (χ1n) is 6.49. The van der Waals surface area contributed by atoms with Gasteiger partial charge < -0.3 is 15.5 Å². The van der Waals surface area contributed by atoms with Crippen molar-refractivity contribution in [2.45, 2.75) is 25.9 Å². The molecule has 0 radical (unpaired) electrons. The molecule has 1 saturated heterocycles. The zero-order valence-electron chi connectivity index (χ0n) is 11.4. The number of anilines is 1. The van der Waals surface area contributed by atoms with Gasteiger partial charge in [0.1, 0.15) is 0 Å². The van der Waals surface area contributed by atoms with Gasteiger partial charge in [-0.15, -0.1) is 0 Å². The van der Waals surface area contributed by atoms with Crippen LogP contribution in [0.2, 0.25) is 0 Å². The second-order valence-electron chi connectivity index (χ2n) is 5.27. The molecule has 2 atom stereocenters. The molecule has 2 rings (SSSR count). The second kappa shape index (κ2) is 5.59. The lowest BCUT2D eigenvalue weighted by molar-refractivity contribution is 0.234. The monoisotopic (exact) mass is 311 g/mol. The topological polar surface area (TPSA) is 32.5 Å². The molecule has 1 heterocycles. The highest BCUT2D eigenvalue weighted by Gasteiger charge is 2.21. The molecule has 1 unspecified atom stereocenters. The lowest BCUT2D eigenvalue weighted by Crippen LogP contribution is -2.50. The van der Waals surface area contributed by atoms with Crippen molar-refractivity contribution in [3.63, 3.8) is 0 Å². The molecule has 18 heavy (non-hydrogen) atoms. The summed E-state index contributed by atoms with van der Waals surface area (Å²) < 4.78 is 1.11. The van der Waals surface area contributed by atoms with E-state index in [0.29, 0.717) is 6.04 Å². The first-order valence-corrected chi connectivity index (χ1v) is 7.28. The Hall–Kier alpha value is -0.580. The number of hydrogen-bond acceptors (Lipinski definition) is 3. The first-order chi connectivity index (χ1) is 8.49. The lowest BCUT2D eigenvalue weighted by atomic mass is 10.1. The highest BCUT2D eigenvalue weighted by Crippen LogP contribution is 2.28. The molecular weight excluding hydrogens is 290 g/mol. The van der Waals surface area contributed by atoms with E-state index in [9.17, 15) is 0 Å². The average Bonchev–Trinajstić information content (AvgIpc) is 2.32. The summed E-state index contributed by atoms with van der Waals surface area (Å²) in [6, 6.07) is 7.18. The largest absolute Gasteiger partial charge is 0.369 e. The summed E-state index contributed by atoms with van der Waals surface area (Å²) in [5, 5.41) is 0. The van der Waals surface area contributed by atoms with Gasteiger partial charge in [0.15, 0.2) is 0 Å². The third-order valence-electron chi connectivity index (χ3n) is 3.80. The van der Waals surface area contributed by atoms with Crippen molar-refractivity contribution in [3.8, 4) is 0 Å². The van der Waals surface area contributed by atoms with E-state index in [0.717, 1.165) is 24.1 Å². The fourth-order valence-electron chi connectivity index (χ4n) is 2.36. The second-order valence-corrected chi connectivity index (χ2v) is 6.12. The number of hydrogen-bond donors (Lipinski definition) is 1. The Kier molecular flexibility index (Phi) is 4.30. The van der Waals surface area contributed by atoms with Crippen LogP contribution in [0.25, 0.3) is 0 Å². The third-order valence-corrected chi connectivity index (χ3v) is 4.49. The Morgan fingerprint density at radius 3 is 2.67 bits per heavy atom. The van der Waals surface area contributed by atoms with Crippen LogP contribution in [0.3, 0.4) is 0 Å². The van der Waals surface area contributed by atoms with Gasteiger partial charge in [0, 0.05) is 41.9 Å². The third kappa shape index (κ3) is 2.87. The predicted molar refractivity (Wildman–Crippen MR) is 81.0 cm³/mol. The molecule has 1 aromatic carbocycles. The van der Waals surface area contributed by atoms with Gasteiger partial charge in [-0.05, 0) is 38.6 Å². The van der Waals surface area contributed by atoms with Crippen LogP contribution in [-0.2, 0) is 0 Å². The van der Waals surface area contributed by atoms with Crippen LogP contribution in [0.4, 0.5) is 5.69 Å². The standard InChI is InChI=1S/C14H22BrN3/c1-10-9-18(7-6-17(10)3)12-4-5-13(11(2)16)14(15)8-12/h4-5,8,10-11H,6-7,9,16H2,1-3H3/t10?,11-/m0/s1. The number of likely N-dealkylation sites (N-methyl/N-ethyl adjacent to an activating group) is 1. The summed E-state index contributed by atoms with van der Waals surface area (Å²) in [5.41, 5.74) is 8.38. The van der Waals surface area contributed by atoms with Crippen molar-refractivity contribution >= 4 is 21.6 Å². The fourth-order valence-corrected chi connectivity index (χ4v) is 3.09. The number of nitrogens with zero attached hydrogens (tertiary/aromatic N) is 2. The van der Waals surface area contributed by atoms with E-state index >= 15 is 0 Å². The van der Waals surface area contributed by atoms with Gasteiger partial charge >= 0.3 is 0 Å². The van der Waals surface area contributed by atoms with Crippen molar-refractivity contribution in [1.82, 2.24) is 4.90 Å². The zero-order valence-corrected chi connectivity index (χ0v) is 12.9. The van der Waals surface area contributed by atoms with Gasteiger partial charge in [0.2, 0.25) is 0 Å². The van der Waals surface area contributed by atoms with Crippen LogP contribution in [-0.4, -0.2) is 37.6 Å². The molecule has 2 N–H and O–H groups in total. The van der Waals surface area contributed by atoms with Gasteiger partial charge in [0.25, 0.3) is 0 Å². The van der Waals surface area contributed by atoms with Crippen LogP contribution in [0, 0.1) is 0 Å². The van der Waals surface area contributed by atoms with Crippen molar-refractivity contribution in [2.75, 3.05) is 31.6 Å². The molecule has 0 saturated carbocycles. The zero-order chi connectivity index (χ0) is 13.3. The molecule has 0 amide bonds. The highest BCUT2D eigenvalue weighted by molar-refractivity contribution is 9.10. The predicted octanol–water partition coefficient (Wildman–Crippen LogP) is 2.61. The average molecular weight is 312 g/mol. The molecule has 100 valence electrons. The lowest BCUT2D eigenvalue weighted by Gasteiger charge is -2.39. The Morgan fingerprint density at radius 1 is 1.39 bits per heavy atom. The van der Waals surface area contributed by atoms with E-state index in [1.807, 2.05) is 6.92 Å². The van der Waals surface area contributed by atoms with Gasteiger partial charge in [-0.1, -0.05) is 22.0 Å². The van der Waals surface area contributed by atoms with Crippen molar-refractivity contribution in [3.05, 3.63) is 28.2 Å². The number of piperazine rings is 1. The Morgan fingerprint density at radius 2 is 2.11 bits per heavy atom. The number of nitrogens with two attached hydrogens (primary N) is 1. The van der Waals surface area contributed by atoms with Gasteiger partial charge in [0.05, 0.1) is 0 Å². The SMILES string of the molecule is CC1CN(c2ccc([C@H](C)N)c(Br)c2)CCN1C. The Bertz CT molecular complexity index is 420. The van der Waals surface area contributed by atoms with Crippen molar-refractivity contribution < 1.29 is 0 Å². The summed E-state index contributed by atoms with van der Waals surface area (Å²) >= 11 is 3.62. The van der Waals surface area contributed by atoms with Crippen molar-refractivity contribution in [2.24, 2.45) is 5.73 Å². The maximum absolute atomic E-state index is 5.93. The van der Waals surface area contributed by atoms with E-state index in [1.165, 1.54) is 11.3 Å². The van der Waals surface area contributed by atoms with E-state index < -0.39 is 0 Å². The normalized spacial score (nSPS) is 23.2. The summed E-state index contributed by atoms with van der Waals surface area (Å²) in [5.74, 6) is 0. The van der Waals surface area contributed by atoms with E-state index in [2.05, 4.69) is 57.9 Å². The molecular formula is C14H22BrN3. The molecule has 0 bridgehead atoms. The van der Waals surface area contributed by atoms with Gasteiger partial charge in [-0.2, -0.15) is 0 Å². The van der Waals surface area contributed by atoms with Gasteiger partial charge in [-0.25, -0.2) is 0 Å². The Balaban J connectivity index is 2.17. The molecule has 3 nitrogen and oxygen atoms in total. The van der Waals surface area contributed by atoms with Crippen LogP contribution in [0.15, 0.2) is 22.7 Å². The molecule has 1 fully saturated rings. The van der Waals surface area contributed by atoms with Crippen LogP contribution in [0.1, 0.15) is 25.5 Å². The molecule has 4 heteroatoms. The number of rotatable bonds is 2. The highest BCUT2D eigenvalue weighted by atomic mass is 79.9. The summed E-state index contributed by atoms with van der Waals surface area (Å²) in [6.07, 6.45) is 0. The quantitative estimate of drug-likeness (QED) is 0.911. The van der Waals surface area contributed by atoms with Crippen LogP contribution in [0.5, 0.6) is 0 Å². The number of benzene rings is 1. The molecule has 0 aliphatic carbocycles. The molecule has 1 aliphatic rings. The molecule has 0 aromatic heterocycles. The molecule has 0 spiro atoms. The van der Waals surface area contributed by atoms with E-state index in [1.54, 1.807) is 0 Å². The minimum Gasteiger partial charge on any atom is -0.369 e. The minimum absolute atomic E-state index is 0.0693. The number of halogens is 1. The van der Waals surface area contributed by atoms with Gasteiger partial charge in [-0.3, -0.25) is 0 Å². The Labute approximate surface area is 118 Å². The summed E-state index contributed by atoms with van der Waals surface area (Å²) in [6.45, 7) is 7.58. The van der Waals surface area contributed by atoms with E-state index in [-0.39, 0.29) is 6.04 Å². The van der Waals surface area contributed by atoms with E-state index in [4.69, 9.17) is 5.73 Å². The van der Waals surface area contributed by atoms with Crippen LogP contribution >= 0.6 is 15.9 Å².